The predicted molar refractivity (Wildman–Crippen MR) is 62.9 cm³/mol. The number of rotatable bonds is 1. The number of fused-ring (bicyclic) bond motifs is 1. The van der Waals surface area contributed by atoms with E-state index in [0.29, 0.717) is 0 Å². The SMILES string of the molecule is N#CC1(c2ccc3ncccc3c2)CCC1. The molecule has 0 aliphatic heterocycles. The van der Waals surface area contributed by atoms with E-state index in [1.165, 1.54) is 6.42 Å². The second kappa shape index (κ2) is 3.31. The Kier molecular flexibility index (Phi) is 1.94. The third kappa shape index (κ3) is 1.22. The Morgan fingerprint density at radius 1 is 1.25 bits per heavy atom. The molecule has 1 aromatic carbocycles. The Morgan fingerprint density at radius 3 is 2.81 bits per heavy atom. The monoisotopic (exact) mass is 208 g/mol. The summed E-state index contributed by atoms with van der Waals surface area (Å²) in [5.74, 6) is 0. The summed E-state index contributed by atoms with van der Waals surface area (Å²) in [4.78, 5) is 4.29. The maximum atomic E-state index is 9.30. The number of benzene rings is 1. The molecule has 2 aromatic rings. The molecule has 0 bridgehead atoms. The van der Waals surface area contributed by atoms with Gasteiger partial charge in [0.05, 0.1) is 17.0 Å². The minimum Gasteiger partial charge on any atom is -0.256 e. The van der Waals surface area contributed by atoms with Gasteiger partial charge in [-0.1, -0.05) is 12.1 Å². The lowest BCUT2D eigenvalue weighted by Crippen LogP contribution is -2.32. The number of aromatic nitrogens is 1. The first kappa shape index (κ1) is 9.35. The molecule has 2 nitrogen and oxygen atoms in total. The minimum absolute atomic E-state index is 0.218. The molecule has 2 heteroatoms. The molecule has 0 N–H and O–H groups in total. The van der Waals surface area contributed by atoms with Gasteiger partial charge in [0.1, 0.15) is 0 Å². The quantitative estimate of drug-likeness (QED) is 0.721. The molecule has 1 aromatic heterocycles. The highest BCUT2D eigenvalue weighted by Gasteiger charge is 2.38. The zero-order valence-corrected chi connectivity index (χ0v) is 8.98. The van der Waals surface area contributed by atoms with Crippen LogP contribution in [0.2, 0.25) is 0 Å². The predicted octanol–water partition coefficient (Wildman–Crippen LogP) is 3.18. The number of pyridine rings is 1. The fourth-order valence-electron chi connectivity index (χ4n) is 2.37. The van der Waals surface area contributed by atoms with Crippen molar-refractivity contribution in [1.82, 2.24) is 4.98 Å². The second-order valence-corrected chi connectivity index (χ2v) is 4.46. The van der Waals surface area contributed by atoms with Crippen LogP contribution in [-0.2, 0) is 5.41 Å². The highest BCUT2D eigenvalue weighted by atomic mass is 14.6. The molecule has 78 valence electrons. The maximum Gasteiger partial charge on any atom is 0.0822 e. The molecule has 3 rings (SSSR count). The zero-order chi connectivity index (χ0) is 11.0. The summed E-state index contributed by atoms with van der Waals surface area (Å²) in [7, 11) is 0. The van der Waals surface area contributed by atoms with Gasteiger partial charge in [-0.3, -0.25) is 4.98 Å². The molecular formula is C14H12N2. The molecule has 1 aliphatic rings. The summed E-state index contributed by atoms with van der Waals surface area (Å²) < 4.78 is 0. The Hall–Kier alpha value is -1.88. The summed E-state index contributed by atoms with van der Waals surface area (Å²) >= 11 is 0. The summed E-state index contributed by atoms with van der Waals surface area (Å²) in [5, 5.41) is 10.4. The van der Waals surface area contributed by atoms with E-state index < -0.39 is 0 Å². The number of nitrogens with zero attached hydrogens (tertiary/aromatic N) is 2. The fourth-order valence-corrected chi connectivity index (χ4v) is 2.37. The Bertz CT molecular complexity index is 577. The fraction of sp³-hybridized carbons (Fsp3) is 0.286. The van der Waals surface area contributed by atoms with Crippen LogP contribution in [0.15, 0.2) is 36.5 Å². The Labute approximate surface area is 94.5 Å². The molecule has 0 saturated heterocycles. The molecule has 1 saturated carbocycles. The molecule has 16 heavy (non-hydrogen) atoms. The zero-order valence-electron chi connectivity index (χ0n) is 8.98. The van der Waals surface area contributed by atoms with Gasteiger partial charge in [-0.2, -0.15) is 5.26 Å². The van der Waals surface area contributed by atoms with Crippen LogP contribution in [0.1, 0.15) is 24.8 Å². The lowest BCUT2D eigenvalue weighted by atomic mass is 9.65. The van der Waals surface area contributed by atoms with Crippen LogP contribution in [0.3, 0.4) is 0 Å². The molecule has 0 atom stereocenters. The Morgan fingerprint density at radius 2 is 2.12 bits per heavy atom. The van der Waals surface area contributed by atoms with E-state index in [-0.39, 0.29) is 5.41 Å². The summed E-state index contributed by atoms with van der Waals surface area (Å²) in [6, 6.07) is 12.6. The van der Waals surface area contributed by atoms with E-state index >= 15 is 0 Å². The van der Waals surface area contributed by atoms with Gasteiger partial charge in [-0.15, -0.1) is 0 Å². The maximum absolute atomic E-state index is 9.30. The van der Waals surface area contributed by atoms with Crippen molar-refractivity contribution in [3.05, 3.63) is 42.1 Å². The highest BCUT2D eigenvalue weighted by molar-refractivity contribution is 5.79. The molecule has 1 heterocycles. The van der Waals surface area contributed by atoms with Crippen molar-refractivity contribution >= 4 is 10.9 Å². The largest absolute Gasteiger partial charge is 0.256 e. The van der Waals surface area contributed by atoms with E-state index in [1.54, 1.807) is 6.20 Å². The minimum atomic E-state index is -0.218. The molecule has 0 amide bonds. The van der Waals surface area contributed by atoms with Gasteiger partial charge < -0.3 is 0 Å². The third-order valence-electron chi connectivity index (χ3n) is 3.58. The van der Waals surface area contributed by atoms with Crippen molar-refractivity contribution in [2.45, 2.75) is 24.7 Å². The van der Waals surface area contributed by atoms with Crippen LogP contribution in [0, 0.1) is 11.3 Å². The van der Waals surface area contributed by atoms with E-state index in [4.69, 9.17) is 0 Å². The standard InChI is InChI=1S/C14H12N2/c15-10-14(6-2-7-14)12-4-5-13-11(9-12)3-1-8-16-13/h1,3-5,8-9H,2,6-7H2. The van der Waals surface area contributed by atoms with E-state index in [0.717, 1.165) is 29.3 Å². The van der Waals surface area contributed by atoms with Crippen LogP contribution in [-0.4, -0.2) is 4.98 Å². The van der Waals surface area contributed by atoms with Crippen molar-refractivity contribution in [2.24, 2.45) is 0 Å². The van der Waals surface area contributed by atoms with E-state index in [1.807, 2.05) is 12.1 Å². The lowest BCUT2D eigenvalue weighted by molar-refractivity contribution is 0.324. The molecule has 0 unspecified atom stereocenters. The van der Waals surface area contributed by atoms with Crippen molar-refractivity contribution < 1.29 is 0 Å². The van der Waals surface area contributed by atoms with E-state index in [9.17, 15) is 5.26 Å². The first-order chi connectivity index (χ1) is 7.84. The molecule has 1 fully saturated rings. The first-order valence-corrected chi connectivity index (χ1v) is 5.61. The third-order valence-corrected chi connectivity index (χ3v) is 3.58. The topological polar surface area (TPSA) is 36.7 Å². The summed E-state index contributed by atoms with van der Waals surface area (Å²) in [6.45, 7) is 0. The average Bonchev–Trinajstić information content (AvgIpc) is 2.28. The van der Waals surface area contributed by atoms with Gasteiger partial charge in [0.25, 0.3) is 0 Å². The van der Waals surface area contributed by atoms with Crippen molar-refractivity contribution in [2.75, 3.05) is 0 Å². The van der Waals surface area contributed by atoms with Gasteiger partial charge in [-0.25, -0.2) is 0 Å². The highest BCUT2D eigenvalue weighted by Crippen LogP contribution is 2.43. The smallest absolute Gasteiger partial charge is 0.0822 e. The summed E-state index contributed by atoms with van der Waals surface area (Å²) in [5.41, 5.74) is 1.93. The molecule has 0 spiro atoms. The van der Waals surface area contributed by atoms with Crippen molar-refractivity contribution in [3.63, 3.8) is 0 Å². The van der Waals surface area contributed by atoms with Crippen molar-refractivity contribution in [3.8, 4) is 6.07 Å². The number of hydrogen-bond acceptors (Lipinski definition) is 2. The lowest BCUT2D eigenvalue weighted by Gasteiger charge is -2.35. The molecular weight excluding hydrogens is 196 g/mol. The van der Waals surface area contributed by atoms with Gasteiger partial charge in [0, 0.05) is 11.6 Å². The summed E-state index contributed by atoms with van der Waals surface area (Å²) in [6.07, 6.45) is 4.95. The van der Waals surface area contributed by atoms with E-state index in [2.05, 4.69) is 29.3 Å². The van der Waals surface area contributed by atoms with Gasteiger partial charge in [0.15, 0.2) is 0 Å². The number of nitriles is 1. The van der Waals surface area contributed by atoms with Crippen LogP contribution in [0.4, 0.5) is 0 Å². The molecule has 0 radical (unpaired) electrons. The number of hydrogen-bond donors (Lipinski definition) is 0. The Balaban J connectivity index is 2.16. The van der Waals surface area contributed by atoms with Gasteiger partial charge in [-0.05, 0) is 43.0 Å². The van der Waals surface area contributed by atoms with Crippen LogP contribution in [0.25, 0.3) is 10.9 Å². The van der Waals surface area contributed by atoms with Gasteiger partial charge in [0.2, 0.25) is 0 Å². The van der Waals surface area contributed by atoms with Gasteiger partial charge >= 0.3 is 0 Å². The first-order valence-electron chi connectivity index (χ1n) is 5.61. The van der Waals surface area contributed by atoms with Crippen LogP contribution >= 0.6 is 0 Å². The van der Waals surface area contributed by atoms with Crippen molar-refractivity contribution in [1.29, 1.82) is 5.26 Å². The van der Waals surface area contributed by atoms with Crippen LogP contribution < -0.4 is 0 Å². The molecule has 1 aliphatic carbocycles. The normalized spacial score (nSPS) is 17.7. The second-order valence-electron chi connectivity index (χ2n) is 4.46. The van der Waals surface area contributed by atoms with Crippen LogP contribution in [0.5, 0.6) is 0 Å². The average molecular weight is 208 g/mol.